The summed E-state index contributed by atoms with van der Waals surface area (Å²) in [7, 11) is 0. The number of fused-ring (bicyclic) bond motifs is 1. The Morgan fingerprint density at radius 2 is 1.15 bits per heavy atom. The lowest BCUT2D eigenvalue weighted by molar-refractivity contribution is -0.132. The van der Waals surface area contributed by atoms with Gasteiger partial charge in [-0.15, -0.1) is 0 Å². The first kappa shape index (κ1) is 20.4. The van der Waals surface area contributed by atoms with Gasteiger partial charge in [0.1, 0.15) is 5.60 Å². The quantitative estimate of drug-likeness (QED) is 0.460. The van der Waals surface area contributed by atoms with Crippen LogP contribution in [0.1, 0.15) is 39.3 Å². The molecule has 0 radical (unpaired) electrons. The van der Waals surface area contributed by atoms with E-state index in [-0.39, 0.29) is 5.92 Å². The zero-order chi connectivity index (χ0) is 22.3. The van der Waals surface area contributed by atoms with Crippen molar-refractivity contribution in [2.24, 2.45) is 0 Å². The minimum atomic E-state index is -1.22. The topological polar surface area (TPSA) is 38.7 Å². The third kappa shape index (κ3) is 3.08. The first-order valence-electron chi connectivity index (χ1n) is 11.5. The zero-order valence-electron chi connectivity index (χ0n) is 18.4. The molecule has 0 aromatic heterocycles. The fourth-order valence-electron chi connectivity index (χ4n) is 5.65. The Balaban J connectivity index is 1.61. The lowest BCUT2D eigenvalue weighted by Crippen LogP contribution is -2.38. The van der Waals surface area contributed by atoms with Crippen molar-refractivity contribution >= 4 is 0 Å². The number of benzene rings is 4. The van der Waals surface area contributed by atoms with E-state index in [0.717, 1.165) is 34.2 Å². The van der Waals surface area contributed by atoms with E-state index in [9.17, 15) is 5.11 Å². The molecule has 4 aromatic rings. The van der Waals surface area contributed by atoms with E-state index in [1.54, 1.807) is 0 Å². The fraction of sp³-hybridized carbons (Fsp3) is 0.200. The summed E-state index contributed by atoms with van der Waals surface area (Å²) in [5.41, 5.74) is 4.64. The highest BCUT2D eigenvalue weighted by atomic mass is 16.7. The van der Waals surface area contributed by atoms with Gasteiger partial charge in [0.05, 0.1) is 13.2 Å². The Morgan fingerprint density at radius 3 is 1.85 bits per heavy atom. The summed E-state index contributed by atoms with van der Waals surface area (Å²) in [6, 6.07) is 36.7. The monoisotopic (exact) mass is 434 g/mol. The molecule has 33 heavy (non-hydrogen) atoms. The van der Waals surface area contributed by atoms with E-state index >= 15 is 0 Å². The first-order chi connectivity index (χ1) is 16.2. The molecule has 1 fully saturated rings. The van der Waals surface area contributed by atoms with Gasteiger partial charge >= 0.3 is 0 Å². The number of aliphatic hydroxyl groups is 1. The van der Waals surface area contributed by atoms with Crippen molar-refractivity contribution in [2.45, 2.75) is 23.7 Å². The molecule has 164 valence electrons. The predicted octanol–water partition coefficient (Wildman–Crippen LogP) is 5.51. The number of rotatable bonds is 4. The second kappa shape index (κ2) is 7.96. The third-order valence-corrected chi connectivity index (χ3v) is 7.10. The van der Waals surface area contributed by atoms with Crippen molar-refractivity contribution in [2.75, 3.05) is 13.2 Å². The second-order valence-electron chi connectivity index (χ2n) is 8.82. The van der Waals surface area contributed by atoms with E-state index in [1.807, 2.05) is 84.9 Å². The number of hydrogen-bond donors (Lipinski definition) is 1. The summed E-state index contributed by atoms with van der Waals surface area (Å²) in [6.45, 7) is 1.00. The molecule has 0 spiro atoms. The number of ether oxygens (including phenoxy) is 2. The molecular formula is C30H26O3. The van der Waals surface area contributed by atoms with Gasteiger partial charge in [-0.25, -0.2) is 0 Å². The van der Waals surface area contributed by atoms with Crippen LogP contribution >= 0.6 is 0 Å². The van der Waals surface area contributed by atoms with Crippen LogP contribution in [-0.4, -0.2) is 18.3 Å². The minimum absolute atomic E-state index is 0.119. The van der Waals surface area contributed by atoms with Gasteiger partial charge in [0, 0.05) is 17.0 Å². The predicted molar refractivity (Wildman–Crippen MR) is 128 cm³/mol. The summed E-state index contributed by atoms with van der Waals surface area (Å²) in [5.74, 6) is -1.17. The molecule has 1 saturated heterocycles. The molecule has 1 aliphatic carbocycles. The molecule has 0 bridgehead atoms. The van der Waals surface area contributed by atoms with Gasteiger partial charge in [-0.3, -0.25) is 0 Å². The molecule has 0 amide bonds. The Morgan fingerprint density at radius 1 is 0.606 bits per heavy atom. The van der Waals surface area contributed by atoms with E-state index in [4.69, 9.17) is 9.47 Å². The average molecular weight is 435 g/mol. The van der Waals surface area contributed by atoms with Crippen molar-refractivity contribution in [3.8, 4) is 0 Å². The van der Waals surface area contributed by atoms with Crippen molar-refractivity contribution in [3.05, 3.63) is 143 Å². The minimum Gasteiger partial charge on any atom is -0.380 e. The van der Waals surface area contributed by atoms with Gasteiger partial charge in [-0.05, 0) is 28.7 Å². The fourth-order valence-corrected chi connectivity index (χ4v) is 5.65. The van der Waals surface area contributed by atoms with Crippen molar-refractivity contribution < 1.29 is 14.6 Å². The summed E-state index contributed by atoms with van der Waals surface area (Å²) >= 11 is 0. The standard InChI is InChI=1S/C30H26O3/c31-29(25-16-8-7-13-23(25)21-28(29)22-11-3-1-4-12-22)26-17-9-10-18-27(26)30(32-19-20-33-30)24-14-5-2-6-15-24/h1-18,28,31H,19-21H2. The maximum atomic E-state index is 12.7. The summed E-state index contributed by atoms with van der Waals surface area (Å²) in [5, 5.41) is 12.7. The summed E-state index contributed by atoms with van der Waals surface area (Å²) < 4.78 is 12.7. The van der Waals surface area contributed by atoms with E-state index in [2.05, 4.69) is 24.3 Å². The van der Waals surface area contributed by atoms with E-state index in [1.165, 1.54) is 5.56 Å². The van der Waals surface area contributed by atoms with Gasteiger partial charge in [-0.1, -0.05) is 109 Å². The van der Waals surface area contributed by atoms with Crippen LogP contribution in [0, 0.1) is 0 Å². The smallest absolute Gasteiger partial charge is 0.222 e. The maximum Gasteiger partial charge on any atom is 0.222 e. The van der Waals surface area contributed by atoms with Crippen LogP contribution in [0.15, 0.2) is 109 Å². The van der Waals surface area contributed by atoms with Gasteiger partial charge in [0.2, 0.25) is 5.79 Å². The molecule has 3 nitrogen and oxygen atoms in total. The molecule has 2 aliphatic rings. The average Bonchev–Trinajstić information content (AvgIpc) is 3.50. The molecule has 3 heteroatoms. The number of hydrogen-bond acceptors (Lipinski definition) is 3. The van der Waals surface area contributed by atoms with Crippen LogP contribution in [0.2, 0.25) is 0 Å². The van der Waals surface area contributed by atoms with Crippen LogP contribution in [0.3, 0.4) is 0 Å². The highest BCUT2D eigenvalue weighted by Gasteiger charge is 2.52. The Hall–Kier alpha value is -3.24. The second-order valence-corrected chi connectivity index (χ2v) is 8.82. The van der Waals surface area contributed by atoms with Gasteiger partial charge < -0.3 is 14.6 Å². The van der Waals surface area contributed by atoms with Crippen LogP contribution in [0.25, 0.3) is 0 Å². The third-order valence-electron chi connectivity index (χ3n) is 7.10. The molecule has 2 unspecified atom stereocenters. The Kier molecular flexibility index (Phi) is 4.92. The molecule has 1 N–H and O–H groups in total. The molecule has 4 aromatic carbocycles. The molecule has 0 saturated carbocycles. The van der Waals surface area contributed by atoms with Gasteiger partial charge in [-0.2, -0.15) is 0 Å². The van der Waals surface area contributed by atoms with E-state index in [0.29, 0.717) is 13.2 Å². The lowest BCUT2D eigenvalue weighted by atomic mass is 9.74. The highest BCUT2D eigenvalue weighted by molar-refractivity contribution is 5.55. The van der Waals surface area contributed by atoms with Crippen LogP contribution in [0.4, 0.5) is 0 Å². The molecule has 1 heterocycles. The SMILES string of the molecule is OC1(c2ccccc2C2(c3ccccc3)OCCO2)c2ccccc2CC1c1ccccc1. The van der Waals surface area contributed by atoms with Crippen LogP contribution in [-0.2, 0) is 27.3 Å². The van der Waals surface area contributed by atoms with Crippen molar-refractivity contribution in [1.82, 2.24) is 0 Å². The molecule has 1 aliphatic heterocycles. The largest absolute Gasteiger partial charge is 0.380 e. The lowest BCUT2D eigenvalue weighted by Gasteiger charge is -2.38. The van der Waals surface area contributed by atoms with Crippen molar-refractivity contribution in [1.29, 1.82) is 0 Å². The van der Waals surface area contributed by atoms with Crippen LogP contribution in [0.5, 0.6) is 0 Å². The zero-order valence-corrected chi connectivity index (χ0v) is 18.4. The first-order valence-corrected chi connectivity index (χ1v) is 11.5. The normalized spacial score (nSPS) is 23.4. The van der Waals surface area contributed by atoms with Gasteiger partial charge in [0.25, 0.3) is 0 Å². The van der Waals surface area contributed by atoms with Gasteiger partial charge in [0.15, 0.2) is 0 Å². The van der Waals surface area contributed by atoms with Crippen LogP contribution < -0.4 is 0 Å². The highest BCUT2D eigenvalue weighted by Crippen LogP contribution is 2.54. The summed E-state index contributed by atoms with van der Waals surface area (Å²) in [6.07, 6.45) is 0.769. The molecular weight excluding hydrogens is 408 g/mol. The summed E-state index contributed by atoms with van der Waals surface area (Å²) in [4.78, 5) is 0. The van der Waals surface area contributed by atoms with Crippen molar-refractivity contribution in [3.63, 3.8) is 0 Å². The van der Waals surface area contributed by atoms with E-state index < -0.39 is 11.4 Å². The molecule has 6 rings (SSSR count). The molecule has 2 atom stereocenters. The Labute approximate surface area is 194 Å². The maximum absolute atomic E-state index is 12.7. The Bertz CT molecular complexity index is 1260.